The molecule has 1 aromatic rings. The van der Waals surface area contributed by atoms with Gasteiger partial charge < -0.3 is 4.74 Å². The highest BCUT2D eigenvalue weighted by Gasteiger charge is 2.37. The number of hydrogen-bond acceptors (Lipinski definition) is 4. The van der Waals surface area contributed by atoms with Crippen LogP contribution in [0.15, 0.2) is 30.3 Å². The summed E-state index contributed by atoms with van der Waals surface area (Å²) in [5.41, 5.74) is 0.818. The van der Waals surface area contributed by atoms with E-state index in [1.165, 1.54) is 4.90 Å². The zero-order valence-electron chi connectivity index (χ0n) is 9.46. The summed E-state index contributed by atoms with van der Waals surface area (Å²) in [6.45, 7) is 2.29. The first-order chi connectivity index (χ1) is 8.24. The molecule has 0 N–H and O–H groups in total. The molecule has 1 aromatic carbocycles. The fourth-order valence-electron chi connectivity index (χ4n) is 1.69. The van der Waals surface area contributed by atoms with Gasteiger partial charge in [0.1, 0.15) is 0 Å². The smallest absolute Gasteiger partial charge is 0.291 e. The van der Waals surface area contributed by atoms with E-state index >= 15 is 0 Å². The minimum atomic E-state index is -0.601. The van der Waals surface area contributed by atoms with E-state index in [1.54, 1.807) is 0 Å². The Balaban J connectivity index is 2.29. The molecule has 2 rings (SSSR count). The molecule has 0 aliphatic carbocycles. The molecule has 1 heterocycles. The van der Waals surface area contributed by atoms with Crippen molar-refractivity contribution in [1.29, 1.82) is 0 Å². The first kappa shape index (κ1) is 12.1. The Morgan fingerprint density at radius 3 is 2.59 bits per heavy atom. The van der Waals surface area contributed by atoms with Gasteiger partial charge in [-0.05, 0) is 6.92 Å². The number of nitrogens with zero attached hydrogens (tertiary/aromatic N) is 1. The second-order valence-electron chi connectivity index (χ2n) is 3.54. The Morgan fingerprint density at radius 2 is 2.06 bits per heavy atom. The van der Waals surface area contributed by atoms with Crippen molar-refractivity contribution in [2.75, 3.05) is 12.4 Å². The van der Waals surface area contributed by atoms with E-state index in [0.29, 0.717) is 6.61 Å². The van der Waals surface area contributed by atoms with Gasteiger partial charge in [-0.25, -0.2) is 4.90 Å². The molecule has 17 heavy (non-hydrogen) atoms. The summed E-state index contributed by atoms with van der Waals surface area (Å²) >= 11 is 1.02. The van der Waals surface area contributed by atoms with Crippen LogP contribution in [0.4, 0.5) is 4.79 Å². The SMILES string of the molecule is CCOC(c1ccccc1)N1C(=O)CSC1=O. The van der Waals surface area contributed by atoms with Gasteiger partial charge in [0.05, 0.1) is 5.75 Å². The number of amides is 2. The van der Waals surface area contributed by atoms with Crippen molar-refractivity contribution in [2.24, 2.45) is 0 Å². The van der Waals surface area contributed by atoms with Crippen LogP contribution in [-0.4, -0.2) is 28.4 Å². The fraction of sp³-hybridized carbons (Fsp3) is 0.333. The van der Waals surface area contributed by atoms with E-state index in [1.807, 2.05) is 37.3 Å². The maximum Gasteiger partial charge on any atom is 0.291 e. The molecular weight excluding hydrogens is 238 g/mol. The van der Waals surface area contributed by atoms with Crippen LogP contribution in [0.1, 0.15) is 18.7 Å². The van der Waals surface area contributed by atoms with Crippen molar-refractivity contribution in [1.82, 2.24) is 4.90 Å². The number of benzene rings is 1. The number of thioether (sulfide) groups is 1. The standard InChI is InChI=1S/C12H13NO3S/c1-2-16-11(9-6-4-3-5-7-9)13-10(14)8-17-12(13)15/h3-7,11H,2,8H2,1H3. The van der Waals surface area contributed by atoms with E-state index in [2.05, 4.69) is 0 Å². The van der Waals surface area contributed by atoms with Crippen molar-refractivity contribution < 1.29 is 14.3 Å². The molecule has 1 unspecified atom stereocenters. The van der Waals surface area contributed by atoms with E-state index in [4.69, 9.17) is 4.74 Å². The second-order valence-corrected chi connectivity index (χ2v) is 4.46. The highest BCUT2D eigenvalue weighted by atomic mass is 32.2. The molecule has 1 saturated heterocycles. The van der Waals surface area contributed by atoms with Crippen molar-refractivity contribution in [2.45, 2.75) is 13.2 Å². The third-order valence-electron chi connectivity index (χ3n) is 2.43. The summed E-state index contributed by atoms with van der Waals surface area (Å²) in [6, 6.07) is 9.31. The first-order valence-electron chi connectivity index (χ1n) is 5.39. The summed E-state index contributed by atoms with van der Waals surface area (Å²) < 4.78 is 5.52. The summed E-state index contributed by atoms with van der Waals surface area (Å²) in [4.78, 5) is 24.5. The predicted octanol–water partition coefficient (Wildman–Crippen LogP) is 2.42. The highest BCUT2D eigenvalue weighted by molar-refractivity contribution is 8.14. The number of carbonyl (C=O) groups is 2. The Labute approximate surface area is 104 Å². The Hall–Kier alpha value is -1.33. The van der Waals surface area contributed by atoms with Gasteiger partial charge in [-0.15, -0.1) is 0 Å². The minimum Gasteiger partial charge on any atom is -0.354 e. The lowest BCUT2D eigenvalue weighted by Crippen LogP contribution is -2.34. The molecule has 4 nitrogen and oxygen atoms in total. The van der Waals surface area contributed by atoms with Crippen LogP contribution in [0, 0.1) is 0 Å². The molecule has 0 saturated carbocycles. The number of rotatable bonds is 4. The largest absolute Gasteiger partial charge is 0.354 e. The second kappa shape index (κ2) is 5.33. The van der Waals surface area contributed by atoms with Gasteiger partial charge in [-0.1, -0.05) is 42.1 Å². The average molecular weight is 251 g/mol. The third kappa shape index (κ3) is 2.50. The van der Waals surface area contributed by atoms with Crippen LogP contribution < -0.4 is 0 Å². The maximum atomic E-state index is 11.7. The average Bonchev–Trinajstić information content (AvgIpc) is 2.68. The molecule has 1 aliphatic heterocycles. The van der Waals surface area contributed by atoms with Crippen molar-refractivity contribution >= 4 is 22.9 Å². The molecule has 1 atom stereocenters. The van der Waals surface area contributed by atoms with Crippen LogP contribution in [0.3, 0.4) is 0 Å². The first-order valence-corrected chi connectivity index (χ1v) is 6.38. The third-order valence-corrected chi connectivity index (χ3v) is 3.26. The van der Waals surface area contributed by atoms with E-state index in [-0.39, 0.29) is 16.9 Å². The lowest BCUT2D eigenvalue weighted by atomic mass is 10.2. The number of imide groups is 1. The van der Waals surface area contributed by atoms with Gasteiger partial charge in [-0.3, -0.25) is 9.59 Å². The normalized spacial score (nSPS) is 17.6. The number of hydrogen-bond donors (Lipinski definition) is 0. The van der Waals surface area contributed by atoms with Crippen LogP contribution in [0.2, 0.25) is 0 Å². The Kier molecular flexibility index (Phi) is 3.81. The van der Waals surface area contributed by atoms with Crippen molar-refractivity contribution in [3.63, 3.8) is 0 Å². The summed E-state index contributed by atoms with van der Waals surface area (Å²) in [5, 5.41) is -0.239. The summed E-state index contributed by atoms with van der Waals surface area (Å²) in [6.07, 6.45) is -0.601. The molecule has 2 amide bonds. The number of ether oxygens (including phenoxy) is 1. The van der Waals surface area contributed by atoms with Gasteiger partial charge in [0.25, 0.3) is 5.24 Å². The molecule has 5 heteroatoms. The zero-order valence-corrected chi connectivity index (χ0v) is 10.3. The van der Waals surface area contributed by atoms with Crippen LogP contribution in [0.5, 0.6) is 0 Å². The van der Waals surface area contributed by atoms with Gasteiger partial charge in [-0.2, -0.15) is 0 Å². The van der Waals surface area contributed by atoms with Crippen LogP contribution in [-0.2, 0) is 9.53 Å². The van der Waals surface area contributed by atoms with Gasteiger partial charge >= 0.3 is 0 Å². The maximum absolute atomic E-state index is 11.7. The highest BCUT2D eigenvalue weighted by Crippen LogP contribution is 2.30. The number of carbonyl (C=O) groups excluding carboxylic acids is 2. The summed E-state index contributed by atoms with van der Waals surface area (Å²) in [5.74, 6) is 0.0113. The molecule has 1 aliphatic rings. The Morgan fingerprint density at radius 1 is 1.35 bits per heavy atom. The molecule has 0 bridgehead atoms. The Bertz CT molecular complexity index is 405. The molecule has 90 valence electrons. The van der Waals surface area contributed by atoms with Gasteiger partial charge in [0.2, 0.25) is 5.91 Å². The van der Waals surface area contributed by atoms with E-state index in [0.717, 1.165) is 17.3 Å². The topological polar surface area (TPSA) is 46.6 Å². The van der Waals surface area contributed by atoms with Gasteiger partial charge in [0, 0.05) is 12.2 Å². The van der Waals surface area contributed by atoms with Crippen LogP contribution >= 0.6 is 11.8 Å². The van der Waals surface area contributed by atoms with Gasteiger partial charge in [0.15, 0.2) is 6.23 Å². The molecule has 1 fully saturated rings. The summed E-state index contributed by atoms with van der Waals surface area (Å²) in [7, 11) is 0. The molecule has 0 radical (unpaired) electrons. The molecule has 0 spiro atoms. The predicted molar refractivity (Wildman–Crippen MR) is 65.5 cm³/mol. The monoisotopic (exact) mass is 251 g/mol. The quantitative estimate of drug-likeness (QED) is 0.824. The fourth-order valence-corrected chi connectivity index (χ4v) is 2.41. The van der Waals surface area contributed by atoms with E-state index < -0.39 is 6.23 Å². The van der Waals surface area contributed by atoms with Crippen LogP contribution in [0.25, 0.3) is 0 Å². The molecular formula is C12H13NO3S. The van der Waals surface area contributed by atoms with Crippen molar-refractivity contribution in [3.8, 4) is 0 Å². The van der Waals surface area contributed by atoms with Crippen molar-refractivity contribution in [3.05, 3.63) is 35.9 Å². The minimum absolute atomic E-state index is 0.192. The lowest BCUT2D eigenvalue weighted by Gasteiger charge is -2.25. The lowest BCUT2D eigenvalue weighted by molar-refractivity contribution is -0.135. The molecule has 0 aromatic heterocycles. The van der Waals surface area contributed by atoms with E-state index in [9.17, 15) is 9.59 Å². The zero-order chi connectivity index (χ0) is 12.3.